The van der Waals surface area contributed by atoms with Crippen molar-refractivity contribution in [3.8, 4) is 11.4 Å². The molecule has 1 aromatic heterocycles. The van der Waals surface area contributed by atoms with E-state index in [0.717, 1.165) is 29.6 Å². The Balaban J connectivity index is 1.70. The molecule has 34 heavy (non-hydrogen) atoms. The monoisotopic (exact) mass is 491 g/mol. The van der Waals surface area contributed by atoms with Crippen molar-refractivity contribution < 1.29 is 40.7 Å². The van der Waals surface area contributed by atoms with Gasteiger partial charge in [0.25, 0.3) is 5.91 Å². The number of aromatic nitrogens is 3. The smallest absolute Gasteiger partial charge is 0.380 e. The van der Waals surface area contributed by atoms with Crippen LogP contribution in [0.5, 0.6) is 0 Å². The second-order valence-electron chi connectivity index (χ2n) is 7.85. The summed E-state index contributed by atoms with van der Waals surface area (Å²) in [6.45, 7) is 1.13. The number of hydrazine groups is 1. The van der Waals surface area contributed by atoms with Crippen LogP contribution in [0.3, 0.4) is 0 Å². The van der Waals surface area contributed by atoms with Gasteiger partial charge in [0.05, 0.1) is 24.3 Å². The molecule has 0 atom stereocenters. The molecular weight excluding hydrogens is 472 g/mol. The summed E-state index contributed by atoms with van der Waals surface area (Å²) in [6.07, 6.45) is -5.74. The van der Waals surface area contributed by atoms with Crippen molar-refractivity contribution in [2.75, 3.05) is 26.8 Å². The van der Waals surface area contributed by atoms with Crippen LogP contribution in [0.1, 0.15) is 17.5 Å². The van der Waals surface area contributed by atoms with E-state index in [1.54, 1.807) is 7.05 Å². The maximum absolute atomic E-state index is 13.0. The molecule has 2 heterocycles. The Morgan fingerprint density at radius 3 is 2.29 bits per heavy atom. The van der Waals surface area contributed by atoms with Crippen molar-refractivity contribution in [3.63, 3.8) is 0 Å². The van der Waals surface area contributed by atoms with Crippen LogP contribution >= 0.6 is 0 Å². The minimum atomic E-state index is -5.00. The van der Waals surface area contributed by atoms with Crippen molar-refractivity contribution in [2.45, 2.75) is 18.8 Å². The van der Waals surface area contributed by atoms with E-state index in [1.807, 2.05) is 0 Å². The van der Waals surface area contributed by atoms with Gasteiger partial charge in [-0.1, -0.05) is 0 Å². The van der Waals surface area contributed by atoms with E-state index in [0.29, 0.717) is 31.9 Å². The van der Waals surface area contributed by atoms with Gasteiger partial charge in [0.15, 0.2) is 5.82 Å². The summed E-state index contributed by atoms with van der Waals surface area (Å²) in [6, 6.07) is 1.04. The van der Waals surface area contributed by atoms with Gasteiger partial charge >= 0.3 is 12.4 Å². The van der Waals surface area contributed by atoms with Crippen LogP contribution in [0.4, 0.5) is 26.3 Å². The second-order valence-corrected chi connectivity index (χ2v) is 7.85. The van der Waals surface area contributed by atoms with Crippen LogP contribution < -0.4 is 5.43 Å². The minimum absolute atomic E-state index is 0.0101. The number of amides is 1. The average Bonchev–Trinajstić information content (AvgIpc) is 3.18. The fourth-order valence-corrected chi connectivity index (χ4v) is 3.32. The Morgan fingerprint density at radius 1 is 1.18 bits per heavy atom. The maximum Gasteiger partial charge on any atom is 0.416 e. The van der Waals surface area contributed by atoms with E-state index in [-0.39, 0.29) is 23.7 Å². The van der Waals surface area contributed by atoms with E-state index >= 15 is 0 Å². The van der Waals surface area contributed by atoms with Crippen LogP contribution in [0.25, 0.3) is 17.6 Å². The Morgan fingerprint density at radius 2 is 1.79 bits per heavy atom. The summed E-state index contributed by atoms with van der Waals surface area (Å²) >= 11 is 0. The Bertz CT molecular complexity index is 1040. The first-order valence-electron chi connectivity index (χ1n) is 9.74. The number of aldehydes is 1. The maximum atomic E-state index is 13.0. The SMILES string of the molecule is CN(CC1(CC=O)COC1)NC(=O)/C=C\n1cnc(-c2cc(C(F)(F)F)cc(C(F)(F)F)c2)n1. The summed E-state index contributed by atoms with van der Waals surface area (Å²) in [7, 11) is 1.59. The standard InChI is InChI=1S/C20H19F6N5O3/c1-30(9-18(3-5-32)10-34-11-18)28-16(33)2-4-31-12-27-17(29-31)13-6-14(19(21,22)23)8-15(7-13)20(24,25)26/h2,4-8,12H,3,9-11H2,1H3,(H,28,33)/b4-2-. The van der Waals surface area contributed by atoms with Gasteiger partial charge in [0, 0.05) is 43.3 Å². The van der Waals surface area contributed by atoms with Gasteiger partial charge in [-0.3, -0.25) is 10.2 Å². The molecule has 8 nitrogen and oxygen atoms in total. The molecule has 1 saturated heterocycles. The number of hydrogen-bond acceptors (Lipinski definition) is 6. The molecule has 1 N–H and O–H groups in total. The predicted octanol–water partition coefficient (Wildman–Crippen LogP) is 3.02. The molecule has 184 valence electrons. The third-order valence-corrected chi connectivity index (χ3v) is 4.94. The molecular formula is C20H19F6N5O3. The Hall–Kier alpha value is -3.26. The van der Waals surface area contributed by atoms with Gasteiger partial charge < -0.3 is 9.53 Å². The van der Waals surface area contributed by atoms with E-state index in [1.165, 1.54) is 5.01 Å². The molecule has 0 aliphatic carbocycles. The summed E-state index contributed by atoms with van der Waals surface area (Å²) in [5.74, 6) is -0.973. The molecule has 1 aliphatic rings. The van der Waals surface area contributed by atoms with Crippen molar-refractivity contribution in [1.82, 2.24) is 25.2 Å². The summed E-state index contributed by atoms with van der Waals surface area (Å²) in [5, 5.41) is 5.30. The van der Waals surface area contributed by atoms with Gasteiger partial charge in [-0.2, -0.15) is 26.3 Å². The third kappa shape index (κ3) is 6.20. The number of nitrogens with one attached hydrogen (secondary N) is 1. The second kappa shape index (κ2) is 9.54. The summed E-state index contributed by atoms with van der Waals surface area (Å²) < 4.78 is 84.4. The zero-order valence-electron chi connectivity index (χ0n) is 17.7. The number of alkyl halides is 6. The van der Waals surface area contributed by atoms with Crippen LogP contribution in [0, 0.1) is 5.41 Å². The van der Waals surface area contributed by atoms with E-state index in [4.69, 9.17) is 4.74 Å². The molecule has 1 aliphatic heterocycles. The van der Waals surface area contributed by atoms with Crippen molar-refractivity contribution in [3.05, 3.63) is 41.7 Å². The summed E-state index contributed by atoms with van der Waals surface area (Å²) in [5.41, 5.74) is -1.30. The minimum Gasteiger partial charge on any atom is -0.380 e. The molecule has 0 saturated carbocycles. The molecule has 0 spiro atoms. The highest BCUT2D eigenvalue weighted by Crippen LogP contribution is 2.38. The zero-order chi connectivity index (χ0) is 25.1. The van der Waals surface area contributed by atoms with Gasteiger partial charge in [0.2, 0.25) is 0 Å². The first kappa shape index (κ1) is 25.4. The number of carbonyl (C=O) groups is 2. The van der Waals surface area contributed by atoms with Crippen molar-refractivity contribution >= 4 is 18.4 Å². The lowest BCUT2D eigenvalue weighted by molar-refractivity contribution is -0.145. The first-order valence-corrected chi connectivity index (χ1v) is 9.74. The highest BCUT2D eigenvalue weighted by atomic mass is 19.4. The lowest BCUT2D eigenvalue weighted by Crippen LogP contribution is -2.54. The number of nitrogens with zero attached hydrogens (tertiary/aromatic N) is 4. The molecule has 1 fully saturated rings. The molecule has 0 unspecified atom stereocenters. The molecule has 0 bridgehead atoms. The van der Waals surface area contributed by atoms with Gasteiger partial charge in [-0.05, 0) is 18.2 Å². The van der Waals surface area contributed by atoms with Crippen LogP contribution in [-0.2, 0) is 26.7 Å². The number of ether oxygens (including phenoxy) is 1. The number of rotatable bonds is 8. The van der Waals surface area contributed by atoms with Gasteiger partial charge in [-0.25, -0.2) is 14.7 Å². The van der Waals surface area contributed by atoms with E-state index in [2.05, 4.69) is 15.5 Å². The van der Waals surface area contributed by atoms with Crippen molar-refractivity contribution in [1.29, 1.82) is 0 Å². The van der Waals surface area contributed by atoms with Crippen LogP contribution in [0.2, 0.25) is 0 Å². The first-order chi connectivity index (χ1) is 15.8. The normalized spacial score (nSPS) is 16.0. The van der Waals surface area contributed by atoms with Crippen molar-refractivity contribution in [2.24, 2.45) is 5.41 Å². The highest BCUT2D eigenvalue weighted by molar-refractivity contribution is 5.89. The fourth-order valence-electron chi connectivity index (χ4n) is 3.32. The molecule has 0 radical (unpaired) electrons. The number of carbonyl (C=O) groups excluding carboxylic acids is 2. The third-order valence-electron chi connectivity index (χ3n) is 4.94. The number of halogens is 6. The van der Waals surface area contributed by atoms with Crippen LogP contribution in [0.15, 0.2) is 30.6 Å². The predicted molar refractivity (Wildman–Crippen MR) is 105 cm³/mol. The lowest BCUT2D eigenvalue weighted by Gasteiger charge is -2.42. The summed E-state index contributed by atoms with van der Waals surface area (Å²) in [4.78, 5) is 26.7. The quantitative estimate of drug-likeness (QED) is 0.264. The van der Waals surface area contributed by atoms with Crippen LogP contribution in [-0.4, -0.2) is 58.8 Å². The number of benzene rings is 1. The highest BCUT2D eigenvalue weighted by Gasteiger charge is 2.39. The average molecular weight is 491 g/mol. The fraction of sp³-hybridized carbons (Fsp3) is 0.400. The zero-order valence-corrected chi connectivity index (χ0v) is 17.7. The van der Waals surface area contributed by atoms with E-state index in [9.17, 15) is 35.9 Å². The number of hydrogen-bond donors (Lipinski definition) is 1. The van der Waals surface area contributed by atoms with Gasteiger partial charge in [0.1, 0.15) is 12.6 Å². The largest absolute Gasteiger partial charge is 0.416 e. The molecule has 2 aromatic rings. The lowest BCUT2D eigenvalue weighted by atomic mass is 9.83. The Kier molecular flexibility index (Phi) is 7.12. The Labute approximate surface area is 189 Å². The molecule has 3 rings (SSSR count). The molecule has 1 aromatic carbocycles. The molecule has 14 heteroatoms. The topological polar surface area (TPSA) is 89.4 Å². The van der Waals surface area contributed by atoms with Gasteiger partial charge in [-0.15, -0.1) is 5.10 Å². The molecule has 1 amide bonds. The van der Waals surface area contributed by atoms with E-state index < -0.39 is 35.0 Å².